The maximum atomic E-state index is 12.7. The number of esters is 1. The Labute approximate surface area is 176 Å². The Kier molecular flexibility index (Phi) is 6.36. The number of pyridine rings is 1. The van der Waals surface area contributed by atoms with Crippen LogP contribution in [-0.4, -0.2) is 23.6 Å². The molecule has 0 saturated carbocycles. The average Bonchev–Trinajstić information content (AvgIpc) is 2.71. The van der Waals surface area contributed by atoms with E-state index in [0.29, 0.717) is 5.02 Å². The summed E-state index contributed by atoms with van der Waals surface area (Å²) in [6.45, 7) is 0.193. The third kappa shape index (κ3) is 4.85. The molecule has 3 aromatic rings. The van der Waals surface area contributed by atoms with Gasteiger partial charge in [-0.3, -0.25) is 9.59 Å². The molecule has 0 saturated heterocycles. The van der Waals surface area contributed by atoms with Crippen LogP contribution in [0.1, 0.15) is 26.3 Å². The third-order valence-electron chi connectivity index (χ3n) is 4.13. The molecular weight excluding hydrogens is 415 g/mol. The topological polar surface area (TPSA) is 77.4 Å². The van der Waals surface area contributed by atoms with Gasteiger partial charge in [-0.15, -0.1) is 0 Å². The van der Waals surface area contributed by atoms with Gasteiger partial charge in [-0.05, 0) is 35.9 Å². The summed E-state index contributed by atoms with van der Waals surface area (Å²) < 4.78 is 6.06. The Morgan fingerprint density at radius 2 is 1.83 bits per heavy atom. The molecule has 3 rings (SSSR count). The molecule has 1 N–H and O–H groups in total. The van der Waals surface area contributed by atoms with Gasteiger partial charge in [-0.25, -0.2) is 4.79 Å². The maximum absolute atomic E-state index is 12.7. The first-order valence-corrected chi connectivity index (χ1v) is 9.27. The van der Waals surface area contributed by atoms with Crippen molar-refractivity contribution in [2.75, 3.05) is 12.4 Å². The van der Waals surface area contributed by atoms with Crippen molar-refractivity contribution in [2.45, 2.75) is 6.54 Å². The first-order valence-electron chi connectivity index (χ1n) is 8.52. The molecule has 1 amide bonds. The highest BCUT2D eigenvalue weighted by molar-refractivity contribution is 6.31. The SMILES string of the molecule is COC(=O)c1ccccc1NC(=O)c1cc(Cl)c(=O)n(Cc2cccc(Cl)c2)c1. The molecule has 148 valence electrons. The highest BCUT2D eigenvalue weighted by Crippen LogP contribution is 2.18. The second-order valence-corrected chi connectivity index (χ2v) is 6.97. The number of aromatic nitrogens is 1. The number of nitrogens with zero attached hydrogens (tertiary/aromatic N) is 1. The maximum Gasteiger partial charge on any atom is 0.339 e. The first kappa shape index (κ1) is 20.6. The second-order valence-electron chi connectivity index (χ2n) is 6.13. The van der Waals surface area contributed by atoms with E-state index in [9.17, 15) is 14.4 Å². The first-order chi connectivity index (χ1) is 13.9. The van der Waals surface area contributed by atoms with Gasteiger partial charge in [0.2, 0.25) is 0 Å². The number of rotatable bonds is 5. The largest absolute Gasteiger partial charge is 0.465 e. The van der Waals surface area contributed by atoms with Gasteiger partial charge in [0.25, 0.3) is 11.5 Å². The number of amides is 1. The van der Waals surface area contributed by atoms with E-state index in [1.165, 1.54) is 30.0 Å². The van der Waals surface area contributed by atoms with Crippen molar-refractivity contribution in [3.8, 4) is 0 Å². The third-order valence-corrected chi connectivity index (χ3v) is 4.63. The number of carbonyl (C=O) groups excluding carboxylic acids is 2. The predicted octanol–water partition coefficient (Wildman–Crippen LogP) is 4.24. The standard InChI is InChI=1S/C21H16Cl2N2O4/c1-29-21(28)16-7-2-3-8-18(16)24-19(26)14-10-17(23)20(27)25(12-14)11-13-5-4-6-15(22)9-13/h2-10,12H,11H2,1H3,(H,24,26). The average molecular weight is 431 g/mol. The summed E-state index contributed by atoms with van der Waals surface area (Å²) in [6.07, 6.45) is 1.41. The van der Waals surface area contributed by atoms with Gasteiger partial charge >= 0.3 is 5.97 Å². The van der Waals surface area contributed by atoms with Gasteiger partial charge in [0, 0.05) is 11.2 Å². The van der Waals surface area contributed by atoms with Crippen LogP contribution in [0, 0.1) is 0 Å². The number of anilines is 1. The summed E-state index contributed by atoms with van der Waals surface area (Å²) in [4.78, 5) is 37.0. The fourth-order valence-corrected chi connectivity index (χ4v) is 3.19. The second kappa shape index (κ2) is 8.94. The number of nitrogens with one attached hydrogen (secondary N) is 1. The minimum absolute atomic E-state index is 0.0964. The van der Waals surface area contributed by atoms with Crippen molar-refractivity contribution in [1.29, 1.82) is 0 Å². The van der Waals surface area contributed by atoms with Crippen LogP contribution in [0.3, 0.4) is 0 Å². The quantitative estimate of drug-likeness (QED) is 0.613. The van der Waals surface area contributed by atoms with E-state index in [1.807, 2.05) is 6.07 Å². The normalized spacial score (nSPS) is 10.4. The van der Waals surface area contributed by atoms with Crippen LogP contribution in [0.2, 0.25) is 10.0 Å². The van der Waals surface area contributed by atoms with Gasteiger partial charge < -0.3 is 14.6 Å². The molecule has 0 aliphatic rings. The van der Waals surface area contributed by atoms with E-state index < -0.39 is 17.4 Å². The number of benzene rings is 2. The lowest BCUT2D eigenvalue weighted by Crippen LogP contribution is -2.24. The van der Waals surface area contributed by atoms with Crippen molar-refractivity contribution >= 4 is 40.8 Å². The number of ether oxygens (including phenoxy) is 1. The molecule has 1 heterocycles. The van der Waals surface area contributed by atoms with E-state index in [0.717, 1.165) is 5.56 Å². The number of halogens is 2. The van der Waals surface area contributed by atoms with E-state index in [2.05, 4.69) is 5.32 Å². The number of carbonyl (C=O) groups is 2. The molecule has 0 aliphatic heterocycles. The number of hydrogen-bond donors (Lipinski definition) is 1. The van der Waals surface area contributed by atoms with Crippen LogP contribution in [0.25, 0.3) is 0 Å². The number of hydrogen-bond acceptors (Lipinski definition) is 4. The van der Waals surface area contributed by atoms with Crippen molar-refractivity contribution in [3.63, 3.8) is 0 Å². The van der Waals surface area contributed by atoms with Crippen LogP contribution < -0.4 is 10.9 Å². The minimum atomic E-state index is -0.579. The van der Waals surface area contributed by atoms with Gasteiger partial charge in [0.15, 0.2) is 0 Å². The highest BCUT2D eigenvalue weighted by atomic mass is 35.5. The van der Waals surface area contributed by atoms with E-state index in [-0.39, 0.29) is 28.4 Å². The summed E-state index contributed by atoms with van der Waals surface area (Å²) in [7, 11) is 1.26. The lowest BCUT2D eigenvalue weighted by atomic mass is 10.1. The van der Waals surface area contributed by atoms with Crippen LogP contribution >= 0.6 is 23.2 Å². The molecule has 2 aromatic carbocycles. The van der Waals surface area contributed by atoms with Crippen molar-refractivity contribution in [3.05, 3.63) is 97.9 Å². The van der Waals surface area contributed by atoms with Gasteiger partial charge in [0.1, 0.15) is 5.02 Å². The van der Waals surface area contributed by atoms with Gasteiger partial charge in [0.05, 0.1) is 30.5 Å². The molecule has 0 bridgehead atoms. The summed E-state index contributed by atoms with van der Waals surface area (Å²) in [5, 5.41) is 3.09. The van der Waals surface area contributed by atoms with E-state index in [4.69, 9.17) is 27.9 Å². The Hall–Kier alpha value is -3.09. The van der Waals surface area contributed by atoms with E-state index in [1.54, 1.807) is 36.4 Å². The molecule has 0 aliphatic carbocycles. The van der Waals surface area contributed by atoms with Crippen LogP contribution in [-0.2, 0) is 11.3 Å². The van der Waals surface area contributed by atoms with Crippen molar-refractivity contribution < 1.29 is 14.3 Å². The molecule has 0 unspecified atom stereocenters. The van der Waals surface area contributed by atoms with Crippen molar-refractivity contribution in [2.24, 2.45) is 0 Å². The smallest absolute Gasteiger partial charge is 0.339 e. The number of methoxy groups -OCH3 is 1. The van der Waals surface area contributed by atoms with Gasteiger partial charge in [-0.1, -0.05) is 47.5 Å². The summed E-state index contributed by atoms with van der Waals surface area (Å²) in [5.74, 6) is -1.10. The summed E-state index contributed by atoms with van der Waals surface area (Å²) >= 11 is 12.0. The molecule has 0 radical (unpaired) electrons. The molecular formula is C21H16Cl2N2O4. The number of para-hydroxylation sites is 1. The monoisotopic (exact) mass is 430 g/mol. The molecule has 29 heavy (non-hydrogen) atoms. The molecule has 0 spiro atoms. The summed E-state index contributed by atoms with van der Waals surface area (Å²) in [5.41, 5.74) is 1.01. The highest BCUT2D eigenvalue weighted by Gasteiger charge is 2.16. The van der Waals surface area contributed by atoms with E-state index >= 15 is 0 Å². The predicted molar refractivity (Wildman–Crippen MR) is 112 cm³/mol. The van der Waals surface area contributed by atoms with Crippen LogP contribution in [0.15, 0.2) is 65.6 Å². The fraction of sp³-hybridized carbons (Fsp3) is 0.0952. The Bertz CT molecular complexity index is 1140. The Morgan fingerprint density at radius 3 is 2.55 bits per heavy atom. The molecule has 0 atom stereocenters. The zero-order valence-electron chi connectivity index (χ0n) is 15.3. The zero-order valence-corrected chi connectivity index (χ0v) is 16.8. The zero-order chi connectivity index (χ0) is 21.0. The molecule has 0 fully saturated rings. The Morgan fingerprint density at radius 1 is 1.07 bits per heavy atom. The lowest BCUT2D eigenvalue weighted by molar-refractivity contribution is 0.0602. The van der Waals surface area contributed by atoms with Crippen LogP contribution in [0.5, 0.6) is 0 Å². The van der Waals surface area contributed by atoms with Crippen LogP contribution in [0.4, 0.5) is 5.69 Å². The fourth-order valence-electron chi connectivity index (χ4n) is 2.75. The van der Waals surface area contributed by atoms with Crippen molar-refractivity contribution in [1.82, 2.24) is 4.57 Å². The van der Waals surface area contributed by atoms with Gasteiger partial charge in [-0.2, -0.15) is 0 Å². The molecule has 1 aromatic heterocycles. The lowest BCUT2D eigenvalue weighted by Gasteiger charge is -2.12. The molecule has 6 nitrogen and oxygen atoms in total. The summed E-state index contributed by atoms with van der Waals surface area (Å²) in [6, 6.07) is 14.8. The minimum Gasteiger partial charge on any atom is -0.465 e. The Balaban J connectivity index is 1.92. The molecule has 8 heteroatoms.